The summed E-state index contributed by atoms with van der Waals surface area (Å²) in [6.45, 7) is 1.36. The van der Waals surface area contributed by atoms with E-state index in [1.165, 1.54) is 0 Å². The van der Waals surface area contributed by atoms with Crippen LogP contribution in [0.2, 0.25) is 0 Å². The van der Waals surface area contributed by atoms with Crippen molar-refractivity contribution in [1.82, 2.24) is 4.47 Å². The molecule has 7 heteroatoms. The van der Waals surface area contributed by atoms with Crippen molar-refractivity contribution in [2.24, 2.45) is 0 Å². The Morgan fingerprint density at radius 2 is 2.00 bits per heavy atom. The summed E-state index contributed by atoms with van der Waals surface area (Å²) in [5.74, 6) is 0.473. The fourth-order valence-electron chi connectivity index (χ4n) is 2.48. The number of nitrogens with zero attached hydrogens (tertiary/aromatic N) is 1. The standard InChI is InChI=1S/C13H16BrNO4S/c14-11-8-10-4-7-18-13(10)12(9-11)20(16,17)15-5-2-1-3-6-19-15/h8-9H,1-7H2. The molecule has 1 saturated heterocycles. The number of fused-ring (bicyclic) bond motifs is 1. The summed E-state index contributed by atoms with van der Waals surface area (Å²) in [6, 6.07) is 3.50. The van der Waals surface area contributed by atoms with Crippen LogP contribution < -0.4 is 4.74 Å². The Morgan fingerprint density at radius 1 is 1.15 bits per heavy atom. The molecule has 2 heterocycles. The lowest BCUT2D eigenvalue weighted by Gasteiger charge is -2.20. The Bertz CT molecular complexity index is 609. The highest BCUT2D eigenvalue weighted by atomic mass is 79.9. The molecule has 1 aromatic carbocycles. The predicted molar refractivity (Wildman–Crippen MR) is 77.0 cm³/mol. The fourth-order valence-corrected chi connectivity index (χ4v) is 4.64. The van der Waals surface area contributed by atoms with Crippen LogP contribution in [0.25, 0.3) is 0 Å². The van der Waals surface area contributed by atoms with Crippen molar-refractivity contribution in [2.75, 3.05) is 19.8 Å². The zero-order valence-corrected chi connectivity index (χ0v) is 13.4. The van der Waals surface area contributed by atoms with Gasteiger partial charge in [0.2, 0.25) is 0 Å². The molecule has 0 amide bonds. The van der Waals surface area contributed by atoms with Gasteiger partial charge in [-0.15, -0.1) is 0 Å². The van der Waals surface area contributed by atoms with Crippen LogP contribution in [-0.2, 0) is 21.3 Å². The van der Waals surface area contributed by atoms with Crippen molar-refractivity contribution < 1.29 is 18.0 Å². The van der Waals surface area contributed by atoms with Gasteiger partial charge in [0.1, 0.15) is 10.6 Å². The summed E-state index contributed by atoms with van der Waals surface area (Å²) in [6.07, 6.45) is 3.42. The van der Waals surface area contributed by atoms with E-state index in [0.29, 0.717) is 25.5 Å². The quantitative estimate of drug-likeness (QED) is 0.811. The molecule has 0 atom stereocenters. The normalized spacial score (nSPS) is 20.2. The molecule has 0 bridgehead atoms. The highest BCUT2D eigenvalue weighted by molar-refractivity contribution is 9.10. The molecule has 0 N–H and O–H groups in total. The first kappa shape index (κ1) is 14.3. The van der Waals surface area contributed by atoms with E-state index in [1.54, 1.807) is 6.07 Å². The highest BCUT2D eigenvalue weighted by Crippen LogP contribution is 2.37. The Kier molecular flexibility index (Phi) is 4.03. The topological polar surface area (TPSA) is 55.8 Å². The van der Waals surface area contributed by atoms with E-state index in [9.17, 15) is 8.42 Å². The molecule has 0 spiro atoms. The smallest absolute Gasteiger partial charge is 0.268 e. The van der Waals surface area contributed by atoms with E-state index in [-0.39, 0.29) is 4.90 Å². The number of ether oxygens (including phenoxy) is 1. The Morgan fingerprint density at radius 3 is 2.85 bits per heavy atom. The van der Waals surface area contributed by atoms with Gasteiger partial charge in [0, 0.05) is 23.0 Å². The van der Waals surface area contributed by atoms with E-state index in [0.717, 1.165) is 40.2 Å². The first-order chi connectivity index (χ1) is 9.59. The van der Waals surface area contributed by atoms with Gasteiger partial charge in [0.25, 0.3) is 10.0 Å². The molecule has 3 rings (SSSR count). The van der Waals surface area contributed by atoms with Crippen LogP contribution >= 0.6 is 15.9 Å². The second-order valence-corrected chi connectivity index (χ2v) is 7.63. The van der Waals surface area contributed by atoms with E-state index in [1.807, 2.05) is 6.07 Å². The molecule has 2 aliphatic heterocycles. The summed E-state index contributed by atoms with van der Waals surface area (Å²) in [5.41, 5.74) is 0.924. The van der Waals surface area contributed by atoms with Gasteiger partial charge in [0.15, 0.2) is 0 Å². The Balaban J connectivity index is 2.03. The van der Waals surface area contributed by atoms with Crippen LogP contribution in [0.4, 0.5) is 0 Å². The maximum atomic E-state index is 12.8. The summed E-state index contributed by atoms with van der Waals surface area (Å²) in [7, 11) is -3.68. The van der Waals surface area contributed by atoms with Gasteiger partial charge in [-0.25, -0.2) is 8.42 Å². The Labute approximate surface area is 127 Å². The first-order valence-corrected chi connectivity index (χ1v) is 8.93. The van der Waals surface area contributed by atoms with Crippen LogP contribution in [0, 0.1) is 0 Å². The van der Waals surface area contributed by atoms with E-state index >= 15 is 0 Å². The van der Waals surface area contributed by atoms with Crippen molar-refractivity contribution in [3.8, 4) is 5.75 Å². The monoisotopic (exact) mass is 361 g/mol. The van der Waals surface area contributed by atoms with Gasteiger partial charge >= 0.3 is 0 Å². The van der Waals surface area contributed by atoms with Gasteiger partial charge in [-0.3, -0.25) is 4.84 Å². The van der Waals surface area contributed by atoms with Crippen LogP contribution in [-0.4, -0.2) is 32.6 Å². The van der Waals surface area contributed by atoms with E-state index in [2.05, 4.69) is 15.9 Å². The molecule has 0 aliphatic carbocycles. The molecule has 110 valence electrons. The minimum absolute atomic E-state index is 0.196. The van der Waals surface area contributed by atoms with Gasteiger partial charge in [-0.2, -0.15) is 0 Å². The fraction of sp³-hybridized carbons (Fsp3) is 0.538. The lowest BCUT2D eigenvalue weighted by Crippen LogP contribution is -2.31. The third-order valence-corrected chi connectivity index (χ3v) is 5.62. The number of benzene rings is 1. The van der Waals surface area contributed by atoms with Gasteiger partial charge in [-0.05, 0) is 31.4 Å². The van der Waals surface area contributed by atoms with Crippen molar-refractivity contribution in [1.29, 1.82) is 0 Å². The SMILES string of the molecule is O=S(=O)(c1cc(Br)cc2c1OCC2)N1CCCCCO1. The molecule has 0 aromatic heterocycles. The van der Waals surface area contributed by atoms with Crippen molar-refractivity contribution >= 4 is 26.0 Å². The molecule has 2 aliphatic rings. The molecule has 1 aromatic rings. The zero-order valence-electron chi connectivity index (χ0n) is 11.0. The summed E-state index contributed by atoms with van der Waals surface area (Å²) >= 11 is 3.37. The maximum Gasteiger partial charge on any atom is 0.268 e. The molecule has 0 saturated carbocycles. The maximum absolute atomic E-state index is 12.8. The largest absolute Gasteiger partial charge is 0.492 e. The zero-order chi connectivity index (χ0) is 14.2. The molecular weight excluding hydrogens is 346 g/mol. The first-order valence-electron chi connectivity index (χ1n) is 6.70. The van der Waals surface area contributed by atoms with Gasteiger partial charge < -0.3 is 4.74 Å². The number of sulfonamides is 1. The van der Waals surface area contributed by atoms with Crippen LogP contribution in [0.1, 0.15) is 24.8 Å². The van der Waals surface area contributed by atoms with Crippen LogP contribution in [0.15, 0.2) is 21.5 Å². The van der Waals surface area contributed by atoms with Crippen LogP contribution in [0.5, 0.6) is 5.75 Å². The van der Waals surface area contributed by atoms with Gasteiger partial charge in [-0.1, -0.05) is 20.4 Å². The van der Waals surface area contributed by atoms with E-state index in [4.69, 9.17) is 9.57 Å². The summed E-state index contributed by atoms with van der Waals surface area (Å²) in [5, 5.41) is 0. The van der Waals surface area contributed by atoms with E-state index < -0.39 is 10.0 Å². The molecule has 20 heavy (non-hydrogen) atoms. The number of hydrogen-bond acceptors (Lipinski definition) is 4. The average molecular weight is 362 g/mol. The average Bonchev–Trinajstić information content (AvgIpc) is 2.70. The third kappa shape index (κ3) is 2.59. The Hall–Kier alpha value is -0.630. The van der Waals surface area contributed by atoms with Crippen LogP contribution in [0.3, 0.4) is 0 Å². The minimum Gasteiger partial charge on any atom is -0.492 e. The number of halogens is 1. The van der Waals surface area contributed by atoms with Crippen molar-refractivity contribution in [3.63, 3.8) is 0 Å². The minimum atomic E-state index is -3.68. The summed E-state index contributed by atoms with van der Waals surface area (Å²) in [4.78, 5) is 5.59. The predicted octanol–water partition coefficient (Wildman–Crippen LogP) is 2.49. The lowest BCUT2D eigenvalue weighted by atomic mass is 10.2. The number of hydrogen-bond donors (Lipinski definition) is 0. The molecule has 0 unspecified atom stereocenters. The lowest BCUT2D eigenvalue weighted by molar-refractivity contribution is -0.0749. The second-order valence-electron chi connectivity index (χ2n) is 4.92. The summed E-state index contributed by atoms with van der Waals surface area (Å²) < 4.78 is 32.9. The molecular formula is C13H16BrNO4S. The van der Waals surface area contributed by atoms with Crippen molar-refractivity contribution in [2.45, 2.75) is 30.6 Å². The second kappa shape index (κ2) is 5.63. The highest BCUT2D eigenvalue weighted by Gasteiger charge is 2.32. The third-order valence-electron chi connectivity index (χ3n) is 3.48. The molecule has 0 radical (unpaired) electrons. The number of rotatable bonds is 2. The van der Waals surface area contributed by atoms with Gasteiger partial charge in [0.05, 0.1) is 13.2 Å². The molecule has 1 fully saturated rings. The van der Waals surface area contributed by atoms with Crippen molar-refractivity contribution in [3.05, 3.63) is 22.2 Å². The number of hydroxylamine groups is 1. The molecule has 5 nitrogen and oxygen atoms in total.